The van der Waals surface area contributed by atoms with Crippen LogP contribution in [0.15, 0.2) is 42.5 Å². The highest BCUT2D eigenvalue weighted by Crippen LogP contribution is 2.20. The van der Waals surface area contributed by atoms with Gasteiger partial charge in [0, 0.05) is 11.8 Å². The molecule has 19 heavy (non-hydrogen) atoms. The lowest BCUT2D eigenvalue weighted by atomic mass is 10.1. The normalized spacial score (nSPS) is 10.2. The smallest absolute Gasteiger partial charge is 0.410 e. The first-order valence-corrected chi connectivity index (χ1v) is 6.87. The Morgan fingerprint density at radius 2 is 1.84 bits per heavy atom. The van der Waals surface area contributed by atoms with Crippen LogP contribution in [0, 0.1) is 0 Å². The quantitative estimate of drug-likeness (QED) is 0.883. The van der Waals surface area contributed by atoms with Gasteiger partial charge in [0.15, 0.2) is 0 Å². The monoisotopic (exact) mass is 321 g/mol. The van der Waals surface area contributed by atoms with Crippen molar-refractivity contribution in [2.75, 3.05) is 5.33 Å². The lowest BCUT2D eigenvalue weighted by Crippen LogP contribution is -2.32. The summed E-state index contributed by atoms with van der Waals surface area (Å²) in [6.07, 6.45) is -0.534. The summed E-state index contributed by atoms with van der Waals surface area (Å²) < 4.78 is 5.05. The van der Waals surface area contributed by atoms with Gasteiger partial charge >= 0.3 is 6.09 Å². The predicted molar refractivity (Wildman–Crippen MR) is 76.5 cm³/mol. The van der Waals surface area contributed by atoms with E-state index in [0.717, 1.165) is 10.8 Å². The predicted octanol–water partition coefficient (Wildman–Crippen LogP) is 3.24. The molecule has 0 saturated heterocycles. The van der Waals surface area contributed by atoms with E-state index in [4.69, 9.17) is 4.74 Å². The van der Waals surface area contributed by atoms with E-state index in [-0.39, 0.29) is 12.3 Å². The van der Waals surface area contributed by atoms with Crippen LogP contribution < -0.4 is 10.1 Å². The second-order valence-corrected chi connectivity index (χ2v) is 4.68. The molecule has 2 rings (SSSR count). The zero-order chi connectivity index (χ0) is 13.7. The maximum atomic E-state index is 11.5. The number of amides is 2. The van der Waals surface area contributed by atoms with Crippen molar-refractivity contribution >= 4 is 38.7 Å². The third kappa shape index (κ3) is 3.79. The molecular formula is C14H12BrNO3. The molecule has 0 aliphatic rings. The molecule has 4 nitrogen and oxygen atoms in total. The Balaban J connectivity index is 2.04. The van der Waals surface area contributed by atoms with E-state index in [1.54, 1.807) is 12.1 Å². The third-order valence-corrected chi connectivity index (χ3v) is 2.89. The Labute approximate surface area is 118 Å². The van der Waals surface area contributed by atoms with Crippen LogP contribution in [0.2, 0.25) is 0 Å². The van der Waals surface area contributed by atoms with Crippen LogP contribution in [0.5, 0.6) is 5.75 Å². The van der Waals surface area contributed by atoms with Crippen LogP contribution in [-0.2, 0) is 4.79 Å². The number of carbonyl (C=O) groups excluding carboxylic acids is 2. The summed E-state index contributed by atoms with van der Waals surface area (Å²) in [7, 11) is 0. The summed E-state index contributed by atoms with van der Waals surface area (Å²) in [6, 6.07) is 13.0. The number of fused-ring (bicyclic) bond motifs is 1. The number of rotatable bonds is 3. The Morgan fingerprint density at radius 3 is 2.58 bits per heavy atom. The summed E-state index contributed by atoms with van der Waals surface area (Å²) in [5.74, 6) is 0.0329. The van der Waals surface area contributed by atoms with Crippen LogP contribution in [0.4, 0.5) is 4.79 Å². The minimum atomic E-state index is -0.763. The first-order valence-electron chi connectivity index (χ1n) is 5.75. The number of alkyl halides is 1. The Bertz CT molecular complexity index is 612. The second-order valence-electron chi connectivity index (χ2n) is 3.89. The zero-order valence-electron chi connectivity index (χ0n) is 10.1. The molecule has 0 fully saturated rings. The molecule has 2 amide bonds. The molecule has 0 aromatic heterocycles. The van der Waals surface area contributed by atoms with E-state index in [2.05, 4.69) is 21.2 Å². The van der Waals surface area contributed by atoms with Crippen LogP contribution in [0.25, 0.3) is 10.8 Å². The molecule has 5 heteroatoms. The number of hydrogen-bond acceptors (Lipinski definition) is 3. The third-order valence-electron chi connectivity index (χ3n) is 2.49. The lowest BCUT2D eigenvalue weighted by molar-refractivity contribution is -0.119. The average molecular weight is 322 g/mol. The number of halogens is 1. The highest BCUT2D eigenvalue weighted by Gasteiger charge is 2.09. The van der Waals surface area contributed by atoms with Crippen LogP contribution >= 0.6 is 15.9 Å². The van der Waals surface area contributed by atoms with Gasteiger partial charge in [-0.1, -0.05) is 46.3 Å². The molecule has 0 heterocycles. The fourth-order valence-corrected chi connectivity index (χ4v) is 1.99. The summed E-state index contributed by atoms with van der Waals surface area (Å²) in [6.45, 7) is 0. The van der Waals surface area contributed by atoms with Gasteiger partial charge in [-0.05, 0) is 22.9 Å². The van der Waals surface area contributed by atoms with Crippen molar-refractivity contribution < 1.29 is 14.3 Å². The Kier molecular flexibility index (Phi) is 4.52. The van der Waals surface area contributed by atoms with Gasteiger partial charge in [0.25, 0.3) is 0 Å². The van der Waals surface area contributed by atoms with Gasteiger partial charge in [-0.2, -0.15) is 0 Å². The van der Waals surface area contributed by atoms with E-state index < -0.39 is 6.09 Å². The topological polar surface area (TPSA) is 55.4 Å². The molecular weight excluding hydrogens is 310 g/mol. The first-order chi connectivity index (χ1) is 9.19. The van der Waals surface area contributed by atoms with Crippen molar-refractivity contribution in [3.63, 3.8) is 0 Å². The standard InChI is InChI=1S/C14H12BrNO3/c15-8-7-13(17)16-14(18)19-12-6-5-10-3-1-2-4-11(10)9-12/h1-6,9H,7-8H2,(H,16,17,18). The minimum absolute atomic E-state index is 0.229. The number of nitrogens with one attached hydrogen (secondary N) is 1. The minimum Gasteiger partial charge on any atom is -0.410 e. The van der Waals surface area contributed by atoms with E-state index in [1.165, 1.54) is 0 Å². The van der Waals surface area contributed by atoms with Crippen molar-refractivity contribution in [1.29, 1.82) is 0 Å². The van der Waals surface area contributed by atoms with E-state index in [0.29, 0.717) is 11.1 Å². The number of carbonyl (C=O) groups is 2. The van der Waals surface area contributed by atoms with Crippen molar-refractivity contribution in [2.24, 2.45) is 0 Å². The molecule has 0 spiro atoms. The average Bonchev–Trinajstić information content (AvgIpc) is 2.38. The van der Waals surface area contributed by atoms with Gasteiger partial charge < -0.3 is 4.74 Å². The number of ether oxygens (including phenoxy) is 1. The highest BCUT2D eigenvalue weighted by atomic mass is 79.9. The summed E-state index contributed by atoms with van der Waals surface area (Å²) in [4.78, 5) is 22.7. The van der Waals surface area contributed by atoms with Crippen LogP contribution in [-0.4, -0.2) is 17.3 Å². The van der Waals surface area contributed by atoms with Crippen molar-refractivity contribution in [3.8, 4) is 5.75 Å². The van der Waals surface area contributed by atoms with Gasteiger partial charge in [0.05, 0.1) is 0 Å². The van der Waals surface area contributed by atoms with Gasteiger partial charge in [0.2, 0.25) is 5.91 Å². The lowest BCUT2D eigenvalue weighted by Gasteiger charge is -2.06. The van der Waals surface area contributed by atoms with Crippen molar-refractivity contribution in [1.82, 2.24) is 5.32 Å². The fourth-order valence-electron chi connectivity index (χ4n) is 1.63. The Hall–Kier alpha value is -1.88. The largest absolute Gasteiger partial charge is 0.419 e. The first kappa shape index (κ1) is 13.5. The fraction of sp³-hybridized carbons (Fsp3) is 0.143. The van der Waals surface area contributed by atoms with Crippen LogP contribution in [0.3, 0.4) is 0 Å². The molecule has 0 aliphatic heterocycles. The summed E-state index contributed by atoms with van der Waals surface area (Å²) >= 11 is 3.12. The van der Waals surface area contributed by atoms with Gasteiger partial charge in [-0.15, -0.1) is 0 Å². The van der Waals surface area contributed by atoms with Crippen molar-refractivity contribution in [3.05, 3.63) is 42.5 Å². The summed E-state index contributed by atoms with van der Waals surface area (Å²) in [5, 5.41) is 4.68. The molecule has 2 aromatic rings. The van der Waals surface area contributed by atoms with E-state index >= 15 is 0 Å². The molecule has 0 aliphatic carbocycles. The molecule has 0 saturated carbocycles. The molecule has 0 bridgehead atoms. The van der Waals surface area contributed by atoms with Crippen LogP contribution in [0.1, 0.15) is 6.42 Å². The molecule has 0 atom stereocenters. The molecule has 0 unspecified atom stereocenters. The maximum absolute atomic E-state index is 11.5. The number of hydrogen-bond donors (Lipinski definition) is 1. The van der Waals surface area contributed by atoms with Gasteiger partial charge in [-0.25, -0.2) is 4.79 Å². The number of imide groups is 1. The van der Waals surface area contributed by atoms with Crippen molar-refractivity contribution in [2.45, 2.75) is 6.42 Å². The van der Waals surface area contributed by atoms with E-state index in [1.807, 2.05) is 30.3 Å². The molecule has 0 radical (unpaired) electrons. The SMILES string of the molecule is O=C(CCBr)NC(=O)Oc1ccc2ccccc2c1. The molecule has 1 N–H and O–H groups in total. The highest BCUT2D eigenvalue weighted by molar-refractivity contribution is 9.09. The maximum Gasteiger partial charge on any atom is 0.419 e. The van der Waals surface area contributed by atoms with E-state index in [9.17, 15) is 9.59 Å². The van der Waals surface area contributed by atoms with Gasteiger partial charge in [0.1, 0.15) is 5.75 Å². The molecule has 98 valence electrons. The number of benzene rings is 2. The second kappa shape index (κ2) is 6.33. The Morgan fingerprint density at radius 1 is 1.11 bits per heavy atom. The zero-order valence-corrected chi connectivity index (χ0v) is 11.6. The molecule has 2 aromatic carbocycles. The summed E-state index contributed by atoms with van der Waals surface area (Å²) in [5.41, 5.74) is 0. The van der Waals surface area contributed by atoms with Gasteiger partial charge in [-0.3, -0.25) is 10.1 Å².